The Morgan fingerprint density at radius 2 is 2.00 bits per heavy atom. The Kier molecular flexibility index (Phi) is 4.03. The average Bonchev–Trinajstić information content (AvgIpc) is 3.27. The molecule has 0 aliphatic heterocycles. The third-order valence-corrected chi connectivity index (χ3v) is 5.43. The lowest BCUT2D eigenvalue weighted by atomic mass is 10.1. The summed E-state index contributed by atoms with van der Waals surface area (Å²) < 4.78 is 3.09. The zero-order valence-corrected chi connectivity index (χ0v) is 16.5. The minimum absolute atomic E-state index is 0.222. The maximum atomic E-state index is 12.9. The summed E-state index contributed by atoms with van der Waals surface area (Å²) >= 11 is 3.54. The van der Waals surface area contributed by atoms with Crippen molar-refractivity contribution in [3.05, 3.63) is 57.7 Å². The molecule has 140 valence electrons. The van der Waals surface area contributed by atoms with Crippen molar-refractivity contribution in [2.75, 3.05) is 6.54 Å². The predicted octanol–water partition coefficient (Wildman–Crippen LogP) is 3.53. The lowest BCUT2D eigenvalue weighted by Gasteiger charge is -2.03. The molecule has 3 aromatic heterocycles. The van der Waals surface area contributed by atoms with E-state index < -0.39 is 0 Å². The van der Waals surface area contributed by atoms with E-state index in [-0.39, 0.29) is 5.56 Å². The zero-order valence-electron chi connectivity index (χ0n) is 14.9. The van der Waals surface area contributed by atoms with Gasteiger partial charge in [-0.05, 0) is 43.3 Å². The van der Waals surface area contributed by atoms with E-state index in [4.69, 9.17) is 10.7 Å². The minimum atomic E-state index is -0.222. The number of nitrogens with zero attached hydrogens (tertiary/aromatic N) is 3. The Labute approximate surface area is 167 Å². The second-order valence-corrected chi connectivity index (χ2v) is 7.66. The van der Waals surface area contributed by atoms with Gasteiger partial charge in [0.15, 0.2) is 0 Å². The number of H-pyrrole nitrogens is 2. The first-order chi connectivity index (χ1) is 13.6. The molecule has 5 aromatic rings. The van der Waals surface area contributed by atoms with Gasteiger partial charge in [-0.2, -0.15) is 0 Å². The van der Waals surface area contributed by atoms with Crippen LogP contribution in [-0.4, -0.2) is 31.0 Å². The number of hydrogen-bond donors (Lipinski definition) is 3. The molecular weight excluding hydrogens is 420 g/mol. The van der Waals surface area contributed by atoms with E-state index in [9.17, 15) is 4.79 Å². The van der Waals surface area contributed by atoms with Gasteiger partial charge in [0.25, 0.3) is 5.56 Å². The molecule has 0 amide bonds. The predicted molar refractivity (Wildman–Crippen MR) is 114 cm³/mol. The Hall–Kier alpha value is -2.97. The van der Waals surface area contributed by atoms with Crippen LogP contribution in [0.15, 0.2) is 52.1 Å². The fourth-order valence-electron chi connectivity index (χ4n) is 3.60. The number of rotatable bonds is 4. The van der Waals surface area contributed by atoms with Crippen LogP contribution in [0.4, 0.5) is 0 Å². The summed E-state index contributed by atoms with van der Waals surface area (Å²) in [6, 6.07) is 9.80. The van der Waals surface area contributed by atoms with E-state index in [1.54, 1.807) is 6.33 Å². The quantitative estimate of drug-likeness (QED) is 0.400. The van der Waals surface area contributed by atoms with Crippen molar-refractivity contribution < 1.29 is 0 Å². The van der Waals surface area contributed by atoms with E-state index >= 15 is 0 Å². The third kappa shape index (κ3) is 2.73. The zero-order chi connectivity index (χ0) is 19.3. The first-order valence-electron chi connectivity index (χ1n) is 9.00. The Balaban J connectivity index is 1.77. The Morgan fingerprint density at radius 1 is 1.14 bits per heavy atom. The summed E-state index contributed by atoms with van der Waals surface area (Å²) in [5.74, 6) is 0. The topological polar surface area (TPSA) is 105 Å². The van der Waals surface area contributed by atoms with Crippen molar-refractivity contribution in [3.8, 4) is 11.3 Å². The van der Waals surface area contributed by atoms with Crippen molar-refractivity contribution >= 4 is 48.9 Å². The number of halogens is 1. The summed E-state index contributed by atoms with van der Waals surface area (Å²) in [5, 5.41) is 0.978. The van der Waals surface area contributed by atoms with E-state index in [2.05, 4.69) is 35.4 Å². The van der Waals surface area contributed by atoms with Crippen molar-refractivity contribution in [2.45, 2.75) is 13.0 Å². The van der Waals surface area contributed by atoms with Gasteiger partial charge in [0, 0.05) is 33.7 Å². The summed E-state index contributed by atoms with van der Waals surface area (Å²) in [5.41, 5.74) is 10.8. The van der Waals surface area contributed by atoms with Crippen LogP contribution in [0.1, 0.15) is 6.42 Å². The third-order valence-electron chi connectivity index (χ3n) is 4.93. The Morgan fingerprint density at radius 3 is 2.86 bits per heavy atom. The fraction of sp³-hybridized carbons (Fsp3) is 0.150. The highest BCUT2D eigenvalue weighted by Gasteiger charge is 2.16. The molecule has 0 atom stereocenters. The molecule has 28 heavy (non-hydrogen) atoms. The highest BCUT2D eigenvalue weighted by Crippen LogP contribution is 2.31. The van der Waals surface area contributed by atoms with E-state index in [1.807, 2.05) is 36.5 Å². The number of aromatic amines is 2. The van der Waals surface area contributed by atoms with Crippen LogP contribution in [0.3, 0.4) is 0 Å². The molecule has 0 bridgehead atoms. The molecule has 0 aliphatic rings. The van der Waals surface area contributed by atoms with Crippen LogP contribution in [0.25, 0.3) is 44.2 Å². The number of nitrogens with two attached hydrogens (primary N) is 1. The molecule has 2 aromatic carbocycles. The molecule has 0 saturated heterocycles. The fourth-order valence-corrected chi connectivity index (χ4v) is 3.96. The van der Waals surface area contributed by atoms with Crippen LogP contribution in [0.5, 0.6) is 0 Å². The molecule has 0 saturated carbocycles. The van der Waals surface area contributed by atoms with Gasteiger partial charge >= 0.3 is 0 Å². The number of benzene rings is 2. The smallest absolute Gasteiger partial charge is 0.275 e. The van der Waals surface area contributed by atoms with Crippen LogP contribution >= 0.6 is 15.9 Å². The number of imidazole rings is 1. The van der Waals surface area contributed by atoms with Crippen molar-refractivity contribution in [2.24, 2.45) is 5.73 Å². The number of hydrogen-bond acceptors (Lipinski definition) is 4. The monoisotopic (exact) mass is 436 g/mol. The summed E-state index contributed by atoms with van der Waals surface area (Å²) in [6.07, 6.45) is 4.48. The Bertz CT molecular complexity index is 1400. The molecule has 5 rings (SSSR count). The number of nitrogens with one attached hydrogen (secondary N) is 2. The SMILES string of the molecule is NCCCn1cc(-c2nc3cc4[nH]cnc4cc3[nH]c2=O)c2cc(Br)ccc21. The second kappa shape index (κ2) is 6.57. The first kappa shape index (κ1) is 17.2. The lowest BCUT2D eigenvalue weighted by molar-refractivity contribution is 0.671. The average molecular weight is 437 g/mol. The molecule has 0 fully saturated rings. The summed E-state index contributed by atoms with van der Waals surface area (Å²) in [7, 11) is 0. The molecule has 7 nitrogen and oxygen atoms in total. The highest BCUT2D eigenvalue weighted by atomic mass is 79.9. The molecular formula is C20H17BrN6O. The maximum absolute atomic E-state index is 12.9. The summed E-state index contributed by atoms with van der Waals surface area (Å²) in [4.78, 5) is 27.9. The van der Waals surface area contributed by atoms with Crippen LogP contribution in [0.2, 0.25) is 0 Å². The lowest BCUT2D eigenvalue weighted by Crippen LogP contribution is -2.11. The molecule has 0 spiro atoms. The van der Waals surface area contributed by atoms with Crippen molar-refractivity contribution in [3.63, 3.8) is 0 Å². The standard InChI is InChI=1S/C20H17BrN6O/c21-11-2-3-18-12(6-11)13(9-27(18)5-1-4-22)19-20(28)26-17-8-15-14(23-10-24-15)7-16(17)25-19/h2-3,6-10H,1,4-5,22H2,(H,23,24)(H,26,28). The van der Waals surface area contributed by atoms with Gasteiger partial charge in [0.1, 0.15) is 5.69 Å². The van der Waals surface area contributed by atoms with Gasteiger partial charge in [0.05, 0.1) is 28.4 Å². The first-order valence-corrected chi connectivity index (χ1v) is 9.79. The van der Waals surface area contributed by atoms with Crippen LogP contribution < -0.4 is 11.3 Å². The van der Waals surface area contributed by atoms with E-state index in [1.165, 1.54) is 0 Å². The van der Waals surface area contributed by atoms with Gasteiger partial charge < -0.3 is 20.3 Å². The number of aromatic nitrogens is 5. The number of fused-ring (bicyclic) bond motifs is 3. The maximum Gasteiger partial charge on any atom is 0.275 e. The second-order valence-electron chi connectivity index (χ2n) is 6.74. The van der Waals surface area contributed by atoms with Crippen molar-refractivity contribution in [1.29, 1.82) is 0 Å². The van der Waals surface area contributed by atoms with Gasteiger partial charge in [-0.15, -0.1) is 0 Å². The minimum Gasteiger partial charge on any atom is -0.347 e. The van der Waals surface area contributed by atoms with Gasteiger partial charge in [-0.25, -0.2) is 9.97 Å². The molecule has 0 unspecified atom stereocenters. The van der Waals surface area contributed by atoms with Crippen molar-refractivity contribution in [1.82, 2.24) is 24.5 Å². The largest absolute Gasteiger partial charge is 0.347 e. The molecule has 3 heterocycles. The highest BCUT2D eigenvalue weighted by molar-refractivity contribution is 9.10. The van der Waals surface area contributed by atoms with Crippen LogP contribution in [-0.2, 0) is 6.54 Å². The van der Waals surface area contributed by atoms with Crippen LogP contribution in [0, 0.1) is 0 Å². The molecule has 0 aliphatic carbocycles. The van der Waals surface area contributed by atoms with E-state index in [0.29, 0.717) is 23.3 Å². The molecule has 4 N–H and O–H groups in total. The summed E-state index contributed by atoms with van der Waals surface area (Å²) in [6.45, 7) is 1.40. The van der Waals surface area contributed by atoms with Gasteiger partial charge in [-0.1, -0.05) is 15.9 Å². The molecule has 0 radical (unpaired) electrons. The van der Waals surface area contributed by atoms with Gasteiger partial charge in [-0.3, -0.25) is 4.79 Å². The van der Waals surface area contributed by atoms with E-state index in [0.717, 1.165) is 44.9 Å². The van der Waals surface area contributed by atoms with Gasteiger partial charge in [0.2, 0.25) is 0 Å². The molecule has 8 heteroatoms. The normalized spacial score (nSPS) is 11.8. The number of aryl methyl sites for hydroxylation is 1.